The molecule has 2 aromatic rings. The number of rotatable bonds is 9. The second kappa shape index (κ2) is 13.3. The summed E-state index contributed by atoms with van der Waals surface area (Å²) >= 11 is 0. The number of pyridine rings is 1. The number of aromatic nitrogens is 1. The largest absolute Gasteiger partial charge is 0.497 e. The van der Waals surface area contributed by atoms with E-state index in [0.717, 1.165) is 55.6 Å². The molecule has 1 aliphatic rings. The highest BCUT2D eigenvalue weighted by Crippen LogP contribution is 2.24. The second-order valence-corrected chi connectivity index (χ2v) is 7.49. The molecule has 1 aromatic carbocycles. The Balaban J connectivity index is 0.00000363. The molecule has 9 heteroatoms. The molecule has 2 heterocycles. The Hall–Kier alpha value is -2.27. The maximum absolute atomic E-state index is 5.39. The lowest BCUT2D eigenvalue weighted by atomic mass is 10.2. The third kappa shape index (κ3) is 7.70. The van der Waals surface area contributed by atoms with Gasteiger partial charge in [-0.3, -0.25) is 4.90 Å². The van der Waals surface area contributed by atoms with E-state index in [1.165, 1.54) is 5.56 Å². The quantitative estimate of drug-likeness (QED) is 0.280. The molecule has 0 radical (unpaired) electrons. The van der Waals surface area contributed by atoms with Crippen LogP contribution in [0, 0.1) is 0 Å². The first-order valence-electron chi connectivity index (χ1n) is 10.6. The number of likely N-dealkylation sites (tertiary alicyclic amines) is 1. The van der Waals surface area contributed by atoms with Gasteiger partial charge in [-0.1, -0.05) is 0 Å². The second-order valence-electron chi connectivity index (χ2n) is 7.49. The first-order chi connectivity index (χ1) is 15.1. The summed E-state index contributed by atoms with van der Waals surface area (Å²) in [4.78, 5) is 11.3. The van der Waals surface area contributed by atoms with Gasteiger partial charge in [-0.25, -0.2) is 9.98 Å². The number of nitrogens with zero attached hydrogens (tertiary/aromatic N) is 3. The predicted octanol–water partition coefficient (Wildman–Crippen LogP) is 3.06. The molecule has 0 amide bonds. The van der Waals surface area contributed by atoms with Crippen LogP contribution in [0.25, 0.3) is 0 Å². The molecule has 1 aromatic heterocycles. The number of halogens is 1. The SMILES string of the molecule is CCNC(=NCc1ccnc(OC)c1)NC1CCN(Cc2cc(OC)cc(OC)c2)C1.I. The minimum absolute atomic E-state index is 0. The van der Waals surface area contributed by atoms with Gasteiger partial charge in [0.15, 0.2) is 5.96 Å². The topological polar surface area (TPSA) is 80.2 Å². The van der Waals surface area contributed by atoms with E-state index in [-0.39, 0.29) is 24.0 Å². The summed E-state index contributed by atoms with van der Waals surface area (Å²) in [5.74, 6) is 3.06. The number of guanidine groups is 1. The van der Waals surface area contributed by atoms with Gasteiger partial charge in [0, 0.05) is 50.6 Å². The van der Waals surface area contributed by atoms with Gasteiger partial charge in [-0.15, -0.1) is 24.0 Å². The molecular weight excluding hydrogens is 521 g/mol. The van der Waals surface area contributed by atoms with E-state index in [2.05, 4.69) is 39.6 Å². The van der Waals surface area contributed by atoms with Crippen molar-refractivity contribution in [1.82, 2.24) is 20.5 Å². The minimum Gasteiger partial charge on any atom is -0.497 e. The van der Waals surface area contributed by atoms with Crippen LogP contribution in [0.4, 0.5) is 0 Å². The lowest BCUT2D eigenvalue weighted by Gasteiger charge is -2.19. The molecule has 2 N–H and O–H groups in total. The van der Waals surface area contributed by atoms with Gasteiger partial charge in [-0.2, -0.15) is 0 Å². The number of hydrogen-bond acceptors (Lipinski definition) is 6. The normalized spacial score (nSPS) is 16.2. The average molecular weight is 555 g/mol. The first kappa shape index (κ1) is 26.0. The first-order valence-corrected chi connectivity index (χ1v) is 10.6. The van der Waals surface area contributed by atoms with Gasteiger partial charge < -0.3 is 24.8 Å². The van der Waals surface area contributed by atoms with Crippen LogP contribution in [0.2, 0.25) is 0 Å². The Bertz CT molecular complexity index is 858. The summed E-state index contributed by atoms with van der Waals surface area (Å²) < 4.78 is 16.0. The van der Waals surface area contributed by atoms with Crippen LogP contribution >= 0.6 is 24.0 Å². The predicted molar refractivity (Wildman–Crippen MR) is 137 cm³/mol. The summed E-state index contributed by atoms with van der Waals surface area (Å²) in [5.41, 5.74) is 2.24. The monoisotopic (exact) mass is 555 g/mol. The minimum atomic E-state index is 0. The van der Waals surface area contributed by atoms with Crippen molar-refractivity contribution in [3.8, 4) is 17.4 Å². The molecular formula is C23H34IN5O3. The molecule has 32 heavy (non-hydrogen) atoms. The van der Waals surface area contributed by atoms with Crippen LogP contribution in [-0.2, 0) is 13.1 Å². The summed E-state index contributed by atoms with van der Waals surface area (Å²) in [6, 6.07) is 10.2. The van der Waals surface area contributed by atoms with Crippen molar-refractivity contribution in [2.75, 3.05) is 41.0 Å². The molecule has 1 unspecified atom stereocenters. The van der Waals surface area contributed by atoms with Crippen molar-refractivity contribution >= 4 is 29.9 Å². The van der Waals surface area contributed by atoms with Crippen LogP contribution < -0.4 is 24.8 Å². The summed E-state index contributed by atoms with van der Waals surface area (Å²) in [6.07, 6.45) is 2.81. The molecule has 0 bridgehead atoms. The zero-order valence-electron chi connectivity index (χ0n) is 19.3. The number of ether oxygens (including phenoxy) is 3. The van der Waals surface area contributed by atoms with Crippen LogP contribution in [0.5, 0.6) is 17.4 Å². The van der Waals surface area contributed by atoms with Gasteiger partial charge in [0.2, 0.25) is 5.88 Å². The fourth-order valence-electron chi connectivity index (χ4n) is 3.65. The van der Waals surface area contributed by atoms with Crippen molar-refractivity contribution in [3.63, 3.8) is 0 Å². The van der Waals surface area contributed by atoms with Crippen molar-refractivity contribution in [1.29, 1.82) is 0 Å². The van der Waals surface area contributed by atoms with Crippen LogP contribution in [0.15, 0.2) is 41.5 Å². The Morgan fingerprint density at radius 3 is 2.50 bits per heavy atom. The highest BCUT2D eigenvalue weighted by atomic mass is 127. The molecule has 1 fully saturated rings. The fourth-order valence-corrected chi connectivity index (χ4v) is 3.65. The molecule has 0 spiro atoms. The van der Waals surface area contributed by atoms with E-state index in [0.29, 0.717) is 18.5 Å². The van der Waals surface area contributed by atoms with Crippen molar-refractivity contribution in [2.45, 2.75) is 32.5 Å². The summed E-state index contributed by atoms with van der Waals surface area (Å²) in [6.45, 7) is 6.28. The van der Waals surface area contributed by atoms with E-state index in [1.54, 1.807) is 27.5 Å². The Morgan fingerprint density at radius 2 is 1.84 bits per heavy atom. The van der Waals surface area contributed by atoms with Crippen molar-refractivity contribution < 1.29 is 14.2 Å². The van der Waals surface area contributed by atoms with E-state index in [1.807, 2.05) is 18.2 Å². The van der Waals surface area contributed by atoms with Crippen LogP contribution in [-0.4, -0.2) is 62.8 Å². The Labute approximate surface area is 207 Å². The molecule has 8 nitrogen and oxygen atoms in total. The summed E-state index contributed by atoms with van der Waals surface area (Å²) in [7, 11) is 4.98. The number of aliphatic imine (C=N–C) groups is 1. The third-order valence-electron chi connectivity index (χ3n) is 5.20. The standard InChI is InChI=1S/C23H33N5O3.HI/c1-5-24-23(26-14-17-6-8-25-22(12-17)31-4)27-19-7-9-28(16-19)15-18-10-20(29-2)13-21(11-18)30-3;/h6,8,10-13,19H,5,7,9,14-16H2,1-4H3,(H2,24,26,27);1H. The lowest BCUT2D eigenvalue weighted by Crippen LogP contribution is -2.44. The third-order valence-corrected chi connectivity index (χ3v) is 5.20. The van der Waals surface area contributed by atoms with Gasteiger partial charge in [0.1, 0.15) is 11.5 Å². The molecule has 1 saturated heterocycles. The number of nitrogens with one attached hydrogen (secondary N) is 2. The number of benzene rings is 1. The zero-order chi connectivity index (χ0) is 22.1. The number of methoxy groups -OCH3 is 3. The Kier molecular flexibility index (Phi) is 10.8. The van der Waals surface area contributed by atoms with Gasteiger partial charge in [0.25, 0.3) is 0 Å². The molecule has 176 valence electrons. The van der Waals surface area contributed by atoms with Gasteiger partial charge in [0.05, 0.1) is 27.9 Å². The highest BCUT2D eigenvalue weighted by Gasteiger charge is 2.23. The average Bonchev–Trinajstić information content (AvgIpc) is 3.24. The maximum Gasteiger partial charge on any atom is 0.213 e. The zero-order valence-corrected chi connectivity index (χ0v) is 21.6. The molecule has 1 aliphatic heterocycles. The molecule has 0 aliphatic carbocycles. The van der Waals surface area contributed by atoms with Gasteiger partial charge in [-0.05, 0) is 42.7 Å². The van der Waals surface area contributed by atoms with E-state index < -0.39 is 0 Å². The summed E-state index contributed by atoms with van der Waals surface area (Å²) in [5, 5.41) is 6.92. The smallest absolute Gasteiger partial charge is 0.213 e. The van der Waals surface area contributed by atoms with Gasteiger partial charge >= 0.3 is 0 Å². The molecule has 1 atom stereocenters. The maximum atomic E-state index is 5.39. The van der Waals surface area contributed by atoms with Crippen molar-refractivity contribution in [2.24, 2.45) is 4.99 Å². The van der Waals surface area contributed by atoms with E-state index in [9.17, 15) is 0 Å². The Morgan fingerprint density at radius 1 is 1.09 bits per heavy atom. The number of hydrogen-bond donors (Lipinski definition) is 2. The molecule has 3 rings (SSSR count). The van der Waals surface area contributed by atoms with Crippen LogP contribution in [0.1, 0.15) is 24.5 Å². The van der Waals surface area contributed by atoms with E-state index in [4.69, 9.17) is 19.2 Å². The fraction of sp³-hybridized carbons (Fsp3) is 0.478. The van der Waals surface area contributed by atoms with E-state index >= 15 is 0 Å². The highest BCUT2D eigenvalue weighted by molar-refractivity contribution is 14.0. The molecule has 0 saturated carbocycles. The van der Waals surface area contributed by atoms with Crippen molar-refractivity contribution in [3.05, 3.63) is 47.7 Å². The van der Waals surface area contributed by atoms with Crippen LogP contribution in [0.3, 0.4) is 0 Å². The lowest BCUT2D eigenvalue weighted by molar-refractivity contribution is 0.321.